The van der Waals surface area contributed by atoms with E-state index in [1.807, 2.05) is 24.3 Å². The Morgan fingerprint density at radius 2 is 1.84 bits per heavy atom. The molecule has 9 heteroatoms. The zero-order valence-electron chi connectivity index (χ0n) is 18.2. The molecule has 1 aromatic heterocycles. The summed E-state index contributed by atoms with van der Waals surface area (Å²) in [5, 5.41) is 2.83. The second kappa shape index (κ2) is 9.86. The maximum absolute atomic E-state index is 12.9. The van der Waals surface area contributed by atoms with Gasteiger partial charge in [-0.1, -0.05) is 0 Å². The van der Waals surface area contributed by atoms with Crippen LogP contribution in [0.25, 0.3) is 0 Å². The first-order chi connectivity index (χ1) is 15.5. The SMILES string of the molecule is CN(CC(=O)Nc1ccc(N2CCOCC2)cc1)C(=O)[C@@H]1CCCN1C(=O)c1ccco1. The lowest BCUT2D eigenvalue weighted by Gasteiger charge is -2.29. The summed E-state index contributed by atoms with van der Waals surface area (Å²) in [5.74, 6) is -0.628. The summed E-state index contributed by atoms with van der Waals surface area (Å²) < 4.78 is 10.6. The van der Waals surface area contributed by atoms with Gasteiger partial charge in [0.25, 0.3) is 5.91 Å². The highest BCUT2D eigenvalue weighted by Crippen LogP contribution is 2.22. The van der Waals surface area contributed by atoms with E-state index >= 15 is 0 Å². The lowest BCUT2D eigenvalue weighted by Crippen LogP contribution is -2.48. The van der Waals surface area contributed by atoms with Crippen molar-refractivity contribution in [1.82, 2.24) is 9.80 Å². The number of ether oxygens (including phenoxy) is 1. The maximum Gasteiger partial charge on any atom is 0.290 e. The largest absolute Gasteiger partial charge is 0.459 e. The highest BCUT2D eigenvalue weighted by atomic mass is 16.5. The fraction of sp³-hybridized carbons (Fsp3) is 0.435. The number of likely N-dealkylation sites (tertiary alicyclic amines) is 1. The smallest absolute Gasteiger partial charge is 0.290 e. The Kier molecular flexibility index (Phi) is 6.75. The predicted molar refractivity (Wildman–Crippen MR) is 119 cm³/mol. The van der Waals surface area contributed by atoms with Crippen LogP contribution < -0.4 is 10.2 Å². The molecule has 170 valence electrons. The van der Waals surface area contributed by atoms with Crippen molar-refractivity contribution < 1.29 is 23.5 Å². The number of likely N-dealkylation sites (N-methyl/N-ethyl adjacent to an activating group) is 1. The van der Waals surface area contributed by atoms with Crippen LogP contribution in [0.15, 0.2) is 47.1 Å². The quantitative estimate of drug-likeness (QED) is 0.736. The molecule has 32 heavy (non-hydrogen) atoms. The minimum atomic E-state index is -0.585. The molecule has 0 spiro atoms. The van der Waals surface area contributed by atoms with Gasteiger partial charge in [-0.15, -0.1) is 0 Å². The molecule has 2 aliphatic heterocycles. The average Bonchev–Trinajstić information content (AvgIpc) is 3.51. The van der Waals surface area contributed by atoms with Gasteiger partial charge in [-0.05, 0) is 49.2 Å². The first-order valence-corrected chi connectivity index (χ1v) is 10.8. The summed E-state index contributed by atoms with van der Waals surface area (Å²) in [4.78, 5) is 43.2. The highest BCUT2D eigenvalue weighted by molar-refractivity contribution is 5.98. The lowest BCUT2D eigenvalue weighted by atomic mass is 10.2. The third-order valence-corrected chi connectivity index (χ3v) is 5.81. The molecule has 2 saturated heterocycles. The van der Waals surface area contributed by atoms with E-state index < -0.39 is 6.04 Å². The van der Waals surface area contributed by atoms with Gasteiger partial charge in [-0.25, -0.2) is 0 Å². The molecular formula is C23H28N4O5. The first kappa shape index (κ1) is 21.9. The molecule has 0 aliphatic carbocycles. The van der Waals surface area contributed by atoms with Gasteiger partial charge in [-0.2, -0.15) is 0 Å². The third-order valence-electron chi connectivity index (χ3n) is 5.81. The van der Waals surface area contributed by atoms with Crippen LogP contribution in [0.5, 0.6) is 0 Å². The van der Waals surface area contributed by atoms with E-state index in [-0.39, 0.29) is 30.0 Å². The number of benzene rings is 1. The van der Waals surface area contributed by atoms with E-state index in [0.29, 0.717) is 31.9 Å². The molecule has 0 unspecified atom stereocenters. The molecule has 2 fully saturated rings. The molecule has 1 N–H and O–H groups in total. The molecule has 2 aromatic rings. The number of nitrogens with zero attached hydrogens (tertiary/aromatic N) is 3. The van der Waals surface area contributed by atoms with Gasteiger partial charge < -0.3 is 29.2 Å². The monoisotopic (exact) mass is 440 g/mol. The fourth-order valence-corrected chi connectivity index (χ4v) is 4.13. The number of carbonyl (C=O) groups excluding carboxylic acids is 3. The van der Waals surface area contributed by atoms with Crippen LogP contribution in [0.2, 0.25) is 0 Å². The van der Waals surface area contributed by atoms with E-state index in [1.54, 1.807) is 19.2 Å². The van der Waals surface area contributed by atoms with Crippen LogP contribution >= 0.6 is 0 Å². The Morgan fingerprint density at radius 3 is 2.53 bits per heavy atom. The molecule has 0 radical (unpaired) electrons. The number of amides is 3. The van der Waals surface area contributed by atoms with Crippen LogP contribution in [-0.4, -0.2) is 80.0 Å². The van der Waals surface area contributed by atoms with Gasteiger partial charge >= 0.3 is 0 Å². The normalized spacial score (nSPS) is 18.5. The molecule has 1 aromatic carbocycles. The zero-order valence-corrected chi connectivity index (χ0v) is 18.2. The van der Waals surface area contributed by atoms with Crippen LogP contribution in [0.1, 0.15) is 23.4 Å². The fourth-order valence-electron chi connectivity index (χ4n) is 4.13. The predicted octanol–water partition coefficient (Wildman–Crippen LogP) is 1.82. The second-order valence-corrected chi connectivity index (χ2v) is 8.02. The van der Waals surface area contributed by atoms with Gasteiger partial charge in [0.1, 0.15) is 6.04 Å². The summed E-state index contributed by atoms with van der Waals surface area (Å²) in [6, 6.07) is 10.3. The summed E-state index contributed by atoms with van der Waals surface area (Å²) in [5.41, 5.74) is 1.75. The van der Waals surface area contributed by atoms with E-state index in [4.69, 9.17) is 9.15 Å². The van der Waals surface area contributed by atoms with Crippen molar-refractivity contribution >= 4 is 29.1 Å². The highest BCUT2D eigenvalue weighted by Gasteiger charge is 2.37. The third kappa shape index (κ3) is 4.94. The van der Waals surface area contributed by atoms with Gasteiger partial charge in [0.05, 0.1) is 26.0 Å². The minimum absolute atomic E-state index is 0.0939. The van der Waals surface area contributed by atoms with Gasteiger partial charge in [0.15, 0.2) is 5.76 Å². The lowest BCUT2D eigenvalue weighted by molar-refractivity contribution is -0.136. The summed E-state index contributed by atoms with van der Waals surface area (Å²) in [6.45, 7) is 3.52. The van der Waals surface area contributed by atoms with Crippen molar-refractivity contribution in [2.75, 3.05) is 56.7 Å². The topological polar surface area (TPSA) is 95.3 Å². The number of nitrogens with one attached hydrogen (secondary N) is 1. The standard InChI is InChI=1S/C23H28N4O5/c1-25(22(29)19-4-2-10-27(19)23(30)20-5-3-13-32-20)16-21(28)24-17-6-8-18(9-7-17)26-11-14-31-15-12-26/h3,5-9,13,19H,2,4,10-12,14-16H2,1H3,(H,24,28)/t19-/m0/s1. The second-order valence-electron chi connectivity index (χ2n) is 8.02. The van der Waals surface area contributed by atoms with Crippen molar-refractivity contribution in [1.29, 1.82) is 0 Å². The van der Waals surface area contributed by atoms with Gasteiger partial charge in [0, 0.05) is 38.1 Å². The summed E-state index contributed by atoms with van der Waals surface area (Å²) in [7, 11) is 1.58. The van der Waals surface area contributed by atoms with Crippen molar-refractivity contribution in [3.8, 4) is 0 Å². The molecule has 3 heterocycles. The van der Waals surface area contributed by atoms with Gasteiger partial charge in [-0.3, -0.25) is 14.4 Å². The van der Waals surface area contributed by atoms with Crippen LogP contribution in [-0.2, 0) is 14.3 Å². The molecule has 0 saturated carbocycles. The number of rotatable bonds is 6. The Bertz CT molecular complexity index is 938. The number of carbonyl (C=O) groups is 3. The van der Waals surface area contributed by atoms with E-state index in [1.165, 1.54) is 16.1 Å². The molecule has 1 atom stereocenters. The Hall–Kier alpha value is -3.33. The Labute approximate surface area is 186 Å². The number of hydrogen-bond acceptors (Lipinski definition) is 6. The zero-order chi connectivity index (χ0) is 22.5. The molecule has 3 amide bonds. The first-order valence-electron chi connectivity index (χ1n) is 10.8. The molecule has 2 aliphatic rings. The minimum Gasteiger partial charge on any atom is -0.459 e. The van der Waals surface area contributed by atoms with E-state index in [9.17, 15) is 14.4 Å². The molecule has 4 rings (SSSR count). The molecule has 0 bridgehead atoms. The molecule has 9 nitrogen and oxygen atoms in total. The molecular weight excluding hydrogens is 412 g/mol. The van der Waals surface area contributed by atoms with Crippen LogP contribution in [0.3, 0.4) is 0 Å². The van der Waals surface area contributed by atoms with E-state index in [0.717, 1.165) is 25.2 Å². The van der Waals surface area contributed by atoms with Crippen molar-refractivity contribution in [2.24, 2.45) is 0 Å². The van der Waals surface area contributed by atoms with E-state index in [2.05, 4.69) is 10.2 Å². The van der Waals surface area contributed by atoms with Crippen molar-refractivity contribution in [3.63, 3.8) is 0 Å². The summed E-state index contributed by atoms with van der Waals surface area (Å²) in [6.07, 6.45) is 2.74. The number of furan rings is 1. The Balaban J connectivity index is 1.31. The maximum atomic E-state index is 12.9. The number of morpholine rings is 1. The van der Waals surface area contributed by atoms with Crippen molar-refractivity contribution in [2.45, 2.75) is 18.9 Å². The Morgan fingerprint density at radius 1 is 1.09 bits per heavy atom. The van der Waals surface area contributed by atoms with Gasteiger partial charge in [0.2, 0.25) is 11.8 Å². The van der Waals surface area contributed by atoms with Crippen molar-refractivity contribution in [3.05, 3.63) is 48.4 Å². The van der Waals surface area contributed by atoms with Crippen LogP contribution in [0, 0.1) is 0 Å². The summed E-state index contributed by atoms with van der Waals surface area (Å²) >= 11 is 0. The average molecular weight is 441 g/mol. The van der Waals surface area contributed by atoms with Crippen LogP contribution in [0.4, 0.5) is 11.4 Å². The number of anilines is 2. The number of hydrogen-bond donors (Lipinski definition) is 1.